The zero-order valence-corrected chi connectivity index (χ0v) is 34.5. The Bertz CT molecular complexity index is 1300. The van der Waals surface area contributed by atoms with Crippen LogP contribution in [0, 0.1) is 41.5 Å². The molecule has 0 radical (unpaired) electrons. The first-order valence-electron chi connectivity index (χ1n) is 19.6. The van der Waals surface area contributed by atoms with Gasteiger partial charge in [0, 0.05) is 0 Å². The standard InChI is InChI=1S/C21H26N2.C18H33P.C5H8.Ru/c1-14-9-16(3)20(17(4)10-14)22-7-8-23(13-22)21-18(5)11-15(2)12-19(21)6;1-4-10-16(11-5-1)19(17-12-6-2-7-13-17)18-14-8-3-9-15-18;1-4-5(2)3;/h9-12H,7-8H2,1-6H3;16-18H,1-15H2;1,4H,2-3H3;. The van der Waals surface area contributed by atoms with E-state index < -0.39 is 0 Å². The van der Waals surface area contributed by atoms with Gasteiger partial charge in [-0.3, -0.25) is 0 Å². The summed E-state index contributed by atoms with van der Waals surface area (Å²) in [6.45, 7) is 19.9. The number of benzene rings is 2. The Morgan fingerprint density at radius 2 is 0.896 bits per heavy atom. The van der Waals surface area contributed by atoms with Gasteiger partial charge in [0.25, 0.3) is 0 Å². The van der Waals surface area contributed by atoms with Crippen molar-refractivity contribution in [2.45, 2.75) is 169 Å². The van der Waals surface area contributed by atoms with E-state index in [1.807, 2.05) is 0 Å². The molecule has 2 aromatic rings. The van der Waals surface area contributed by atoms with Crippen molar-refractivity contribution in [3.8, 4) is 0 Å². The number of anilines is 2. The minimum atomic E-state index is -0.0296. The van der Waals surface area contributed by atoms with Gasteiger partial charge in [0.05, 0.1) is 0 Å². The summed E-state index contributed by atoms with van der Waals surface area (Å²) in [6, 6.07) is 9.28. The van der Waals surface area contributed by atoms with Crippen LogP contribution in [-0.2, 0) is 16.2 Å². The van der Waals surface area contributed by atoms with Gasteiger partial charge in [-0.05, 0) is 55.5 Å². The molecule has 0 amide bonds. The van der Waals surface area contributed by atoms with E-state index in [0.717, 1.165) is 13.1 Å². The molecule has 0 unspecified atom stereocenters. The van der Waals surface area contributed by atoms with Crippen molar-refractivity contribution < 1.29 is 16.2 Å². The van der Waals surface area contributed by atoms with Crippen LogP contribution >= 0.6 is 7.92 Å². The SMILES string of the molecule is C1CCC(P(C2CCCCC2)C2CCCCC2)CC1.CC(C)=C[CH]=[Ru]=[C]1N(c2c(C)cc(C)cc2C)CCN1c1c(C)cc(C)cc1C. The van der Waals surface area contributed by atoms with Crippen molar-refractivity contribution in [2.75, 3.05) is 22.9 Å². The van der Waals surface area contributed by atoms with E-state index in [0.29, 0.717) is 7.92 Å². The predicted molar refractivity (Wildman–Crippen MR) is 214 cm³/mol. The molecule has 2 aromatic carbocycles. The molecule has 6 rings (SSSR count). The molecule has 1 heterocycles. The van der Waals surface area contributed by atoms with E-state index in [4.69, 9.17) is 0 Å². The molecule has 2 nitrogen and oxygen atoms in total. The van der Waals surface area contributed by atoms with Crippen LogP contribution in [0.3, 0.4) is 0 Å². The van der Waals surface area contributed by atoms with E-state index in [-0.39, 0.29) is 16.2 Å². The van der Waals surface area contributed by atoms with Gasteiger partial charge in [0.15, 0.2) is 0 Å². The number of hydrogen-bond acceptors (Lipinski definition) is 2. The second kappa shape index (κ2) is 18.2. The quantitative estimate of drug-likeness (QED) is 0.214. The van der Waals surface area contributed by atoms with Crippen LogP contribution in [0.2, 0.25) is 0 Å². The van der Waals surface area contributed by atoms with Crippen molar-refractivity contribution in [2.24, 2.45) is 0 Å². The average molecular weight is 756 g/mol. The molecule has 0 spiro atoms. The second-order valence-electron chi connectivity index (χ2n) is 15.8. The first-order valence-corrected chi connectivity index (χ1v) is 23.0. The van der Waals surface area contributed by atoms with Gasteiger partial charge >= 0.3 is 184 Å². The van der Waals surface area contributed by atoms with E-state index in [9.17, 15) is 0 Å². The molecular formula is C44H67N2PRu. The summed E-state index contributed by atoms with van der Waals surface area (Å²) in [5.41, 5.74) is 15.9. The molecule has 0 aromatic heterocycles. The van der Waals surface area contributed by atoms with Crippen molar-refractivity contribution in [1.29, 1.82) is 0 Å². The number of allylic oxidation sites excluding steroid dienone is 2. The van der Waals surface area contributed by atoms with E-state index in [1.165, 1.54) is 90.9 Å². The topological polar surface area (TPSA) is 6.48 Å². The molecule has 4 fully saturated rings. The zero-order chi connectivity index (χ0) is 34.2. The molecule has 3 saturated carbocycles. The fourth-order valence-electron chi connectivity index (χ4n) is 9.47. The molecular weight excluding hydrogens is 689 g/mol. The molecule has 266 valence electrons. The zero-order valence-electron chi connectivity index (χ0n) is 31.9. The summed E-state index contributed by atoms with van der Waals surface area (Å²) >= 11 is -0.0296. The Morgan fingerprint density at radius 3 is 1.21 bits per heavy atom. The van der Waals surface area contributed by atoms with Gasteiger partial charge in [-0.15, -0.1) is 0 Å². The fourth-order valence-corrected chi connectivity index (χ4v) is 16.4. The van der Waals surface area contributed by atoms with Crippen LogP contribution < -0.4 is 9.80 Å². The summed E-state index contributed by atoms with van der Waals surface area (Å²) < 4.78 is 3.88. The van der Waals surface area contributed by atoms with Gasteiger partial charge in [-0.1, -0.05) is 65.7 Å². The molecule has 0 atom stereocenters. The van der Waals surface area contributed by atoms with Crippen LogP contribution in [0.4, 0.5) is 11.4 Å². The number of nitrogens with zero attached hydrogens (tertiary/aromatic N) is 2. The van der Waals surface area contributed by atoms with E-state index in [1.54, 1.807) is 77.0 Å². The van der Waals surface area contributed by atoms with Crippen LogP contribution in [0.25, 0.3) is 0 Å². The third-order valence-electron chi connectivity index (χ3n) is 11.3. The van der Waals surface area contributed by atoms with Gasteiger partial charge in [-0.25, -0.2) is 0 Å². The van der Waals surface area contributed by atoms with Gasteiger partial charge in [0.1, 0.15) is 0 Å². The maximum absolute atomic E-state index is 2.59. The first kappa shape index (κ1) is 37.8. The van der Waals surface area contributed by atoms with E-state index >= 15 is 0 Å². The van der Waals surface area contributed by atoms with Gasteiger partial charge in [-0.2, -0.15) is 0 Å². The van der Waals surface area contributed by atoms with Crippen LogP contribution in [0.5, 0.6) is 0 Å². The molecule has 4 heteroatoms. The van der Waals surface area contributed by atoms with Crippen molar-refractivity contribution in [3.05, 3.63) is 69.3 Å². The van der Waals surface area contributed by atoms with Crippen LogP contribution in [0.15, 0.2) is 35.9 Å². The van der Waals surface area contributed by atoms with E-state index in [2.05, 4.69) is 100 Å². The van der Waals surface area contributed by atoms with Gasteiger partial charge in [0.2, 0.25) is 0 Å². The predicted octanol–water partition coefficient (Wildman–Crippen LogP) is 12.3. The van der Waals surface area contributed by atoms with Crippen molar-refractivity contribution in [1.82, 2.24) is 0 Å². The number of rotatable bonds is 6. The Labute approximate surface area is 303 Å². The number of hydrogen-bond donors (Lipinski definition) is 0. The second-order valence-corrected chi connectivity index (χ2v) is 20.8. The third kappa shape index (κ3) is 9.67. The molecule has 3 aliphatic carbocycles. The van der Waals surface area contributed by atoms with Crippen molar-refractivity contribution in [3.63, 3.8) is 0 Å². The summed E-state index contributed by atoms with van der Waals surface area (Å²) in [6.07, 6.45) is 25.9. The molecule has 4 aliphatic rings. The normalized spacial score (nSPS) is 19.8. The molecule has 1 saturated heterocycles. The van der Waals surface area contributed by atoms with Crippen LogP contribution in [-0.4, -0.2) is 39.0 Å². The van der Waals surface area contributed by atoms with Gasteiger partial charge < -0.3 is 0 Å². The monoisotopic (exact) mass is 756 g/mol. The summed E-state index contributed by atoms with van der Waals surface area (Å²) in [7, 11) is 0.385. The molecule has 48 heavy (non-hydrogen) atoms. The maximum atomic E-state index is 2.59. The average Bonchev–Trinajstić information content (AvgIpc) is 3.44. The molecule has 0 N–H and O–H groups in total. The first-order chi connectivity index (χ1) is 23.1. The Hall–Kier alpha value is -1.43. The summed E-state index contributed by atoms with van der Waals surface area (Å²) in [5.74, 6) is 0. The number of aryl methyl sites for hydroxylation is 6. The van der Waals surface area contributed by atoms with Crippen molar-refractivity contribution >= 4 is 28.3 Å². The molecule has 1 aliphatic heterocycles. The molecule has 0 bridgehead atoms. The fraction of sp³-hybridized carbons (Fsp3) is 0.636. The Morgan fingerprint density at radius 1 is 0.562 bits per heavy atom. The van der Waals surface area contributed by atoms with Crippen LogP contribution in [0.1, 0.15) is 144 Å². The Balaban J connectivity index is 0.000000204. The minimum absolute atomic E-state index is 0.0296. The summed E-state index contributed by atoms with van der Waals surface area (Å²) in [5, 5.41) is 0. The Kier molecular flexibility index (Phi) is 14.3. The third-order valence-corrected chi connectivity index (χ3v) is 17.4. The summed E-state index contributed by atoms with van der Waals surface area (Å²) in [4.78, 5) is 5.19.